The summed E-state index contributed by atoms with van der Waals surface area (Å²) < 4.78 is 16.2. The molecule has 5 nitrogen and oxygen atoms in total. The van der Waals surface area contributed by atoms with E-state index in [1.807, 2.05) is 42.5 Å². The number of methoxy groups -OCH3 is 2. The summed E-state index contributed by atoms with van der Waals surface area (Å²) in [6.07, 6.45) is 0. The highest BCUT2D eigenvalue weighted by Crippen LogP contribution is 2.25. The van der Waals surface area contributed by atoms with Gasteiger partial charge in [0.05, 0.1) is 14.2 Å². The number of nitrogens with one attached hydrogen (secondary N) is 1. The second-order valence-electron chi connectivity index (χ2n) is 4.52. The maximum Gasteiger partial charge on any atom is 0.295 e. The van der Waals surface area contributed by atoms with Gasteiger partial charge < -0.3 is 19.2 Å². The molecule has 0 bridgehead atoms. The molecule has 0 atom stereocenters. The first kappa shape index (κ1) is 13.3. The maximum atomic E-state index is 5.63. The lowest BCUT2D eigenvalue weighted by Crippen LogP contribution is -2.02. The Kier molecular flexibility index (Phi) is 3.64. The summed E-state index contributed by atoms with van der Waals surface area (Å²) in [7, 11) is 3.28. The van der Waals surface area contributed by atoms with Gasteiger partial charge in [0.15, 0.2) is 5.58 Å². The quantitative estimate of drug-likeness (QED) is 0.777. The largest absolute Gasteiger partial charge is 0.497 e. The van der Waals surface area contributed by atoms with Gasteiger partial charge in [0.1, 0.15) is 17.0 Å². The molecule has 0 aliphatic rings. The van der Waals surface area contributed by atoms with E-state index in [4.69, 9.17) is 13.9 Å². The van der Waals surface area contributed by atoms with Gasteiger partial charge in [0.2, 0.25) is 0 Å². The van der Waals surface area contributed by atoms with Crippen LogP contribution in [0.1, 0.15) is 5.56 Å². The predicted octanol–water partition coefficient (Wildman–Crippen LogP) is 3.46. The van der Waals surface area contributed by atoms with Crippen molar-refractivity contribution in [1.29, 1.82) is 0 Å². The van der Waals surface area contributed by atoms with E-state index >= 15 is 0 Å². The van der Waals surface area contributed by atoms with Crippen LogP contribution in [0.5, 0.6) is 11.5 Å². The molecule has 0 amide bonds. The van der Waals surface area contributed by atoms with Crippen LogP contribution < -0.4 is 14.8 Å². The fourth-order valence-corrected chi connectivity index (χ4v) is 2.14. The van der Waals surface area contributed by atoms with Crippen LogP contribution in [0, 0.1) is 0 Å². The molecule has 0 fully saturated rings. The van der Waals surface area contributed by atoms with Crippen LogP contribution >= 0.6 is 0 Å². The zero-order chi connectivity index (χ0) is 14.7. The molecular formula is C16H16N2O3. The van der Waals surface area contributed by atoms with Crippen LogP contribution in [-0.2, 0) is 6.54 Å². The van der Waals surface area contributed by atoms with Crippen molar-refractivity contribution in [3.63, 3.8) is 0 Å². The summed E-state index contributed by atoms with van der Waals surface area (Å²) in [5.74, 6) is 1.57. The van der Waals surface area contributed by atoms with Crippen molar-refractivity contribution < 1.29 is 13.9 Å². The number of oxazole rings is 1. The lowest BCUT2D eigenvalue weighted by atomic mass is 10.2. The van der Waals surface area contributed by atoms with Crippen LogP contribution in [0.15, 0.2) is 46.9 Å². The Hall–Kier alpha value is -2.69. The van der Waals surface area contributed by atoms with Gasteiger partial charge in [0, 0.05) is 12.1 Å². The van der Waals surface area contributed by atoms with Crippen LogP contribution in [0.2, 0.25) is 0 Å². The standard InChI is InChI=1S/C16H16N2O3/c1-19-12-7-8-14(20-2)11(9-12)10-17-16-18-13-5-3-4-6-15(13)21-16/h3-9H,10H2,1-2H3,(H,17,18). The van der Waals surface area contributed by atoms with E-state index in [9.17, 15) is 0 Å². The Balaban J connectivity index is 1.80. The predicted molar refractivity (Wildman–Crippen MR) is 80.9 cm³/mol. The Morgan fingerprint density at radius 3 is 2.71 bits per heavy atom. The van der Waals surface area contributed by atoms with Gasteiger partial charge >= 0.3 is 0 Å². The van der Waals surface area contributed by atoms with Gasteiger partial charge in [-0.15, -0.1) is 0 Å². The molecule has 1 aromatic heterocycles. The lowest BCUT2D eigenvalue weighted by Gasteiger charge is -2.10. The normalized spacial score (nSPS) is 10.6. The molecule has 0 aliphatic carbocycles. The molecule has 0 spiro atoms. The second kappa shape index (κ2) is 5.75. The molecule has 1 N–H and O–H groups in total. The fourth-order valence-electron chi connectivity index (χ4n) is 2.14. The third-order valence-corrected chi connectivity index (χ3v) is 3.21. The topological polar surface area (TPSA) is 56.5 Å². The van der Waals surface area contributed by atoms with Crippen molar-refractivity contribution in [2.45, 2.75) is 6.54 Å². The summed E-state index contributed by atoms with van der Waals surface area (Å²) in [4.78, 5) is 4.38. The first-order valence-electron chi connectivity index (χ1n) is 6.60. The Bertz CT molecular complexity index is 719. The highest BCUT2D eigenvalue weighted by molar-refractivity contribution is 5.74. The highest BCUT2D eigenvalue weighted by Gasteiger charge is 2.08. The number of aromatic nitrogens is 1. The molecule has 1 heterocycles. The van der Waals surface area contributed by atoms with E-state index in [0.717, 1.165) is 28.2 Å². The SMILES string of the molecule is COc1ccc(OC)c(CNc2nc3ccccc3o2)c1. The van der Waals surface area contributed by atoms with Gasteiger partial charge in [-0.25, -0.2) is 0 Å². The number of rotatable bonds is 5. The molecule has 5 heteroatoms. The number of nitrogens with zero attached hydrogens (tertiary/aromatic N) is 1. The van der Waals surface area contributed by atoms with Gasteiger partial charge in [0.25, 0.3) is 6.01 Å². The number of hydrogen-bond acceptors (Lipinski definition) is 5. The number of para-hydroxylation sites is 2. The smallest absolute Gasteiger partial charge is 0.295 e. The van der Waals surface area contributed by atoms with Gasteiger partial charge in [-0.05, 0) is 30.3 Å². The third kappa shape index (κ3) is 2.76. The number of benzene rings is 2. The zero-order valence-electron chi connectivity index (χ0n) is 11.9. The molecular weight excluding hydrogens is 268 g/mol. The molecule has 0 radical (unpaired) electrons. The molecule has 21 heavy (non-hydrogen) atoms. The summed E-state index contributed by atoms with van der Waals surface area (Å²) in [5, 5.41) is 3.16. The third-order valence-electron chi connectivity index (χ3n) is 3.21. The summed E-state index contributed by atoms with van der Waals surface area (Å²) in [5.41, 5.74) is 2.56. The average molecular weight is 284 g/mol. The van der Waals surface area contributed by atoms with E-state index in [1.165, 1.54) is 0 Å². The molecule has 0 unspecified atom stereocenters. The van der Waals surface area contributed by atoms with Crippen molar-refractivity contribution in [2.75, 3.05) is 19.5 Å². The minimum absolute atomic E-state index is 0.487. The zero-order valence-corrected chi connectivity index (χ0v) is 11.9. The Labute approximate surface area is 122 Å². The number of hydrogen-bond donors (Lipinski definition) is 1. The van der Waals surface area contributed by atoms with Crippen molar-refractivity contribution >= 4 is 17.1 Å². The summed E-state index contributed by atoms with van der Waals surface area (Å²) >= 11 is 0. The highest BCUT2D eigenvalue weighted by atomic mass is 16.5. The monoisotopic (exact) mass is 284 g/mol. The van der Waals surface area contributed by atoms with E-state index in [0.29, 0.717) is 12.6 Å². The van der Waals surface area contributed by atoms with Crippen LogP contribution in [-0.4, -0.2) is 19.2 Å². The number of fused-ring (bicyclic) bond motifs is 1. The fraction of sp³-hybridized carbons (Fsp3) is 0.188. The first-order valence-corrected chi connectivity index (χ1v) is 6.60. The first-order chi connectivity index (χ1) is 10.3. The molecule has 2 aromatic carbocycles. The van der Waals surface area contributed by atoms with Crippen molar-refractivity contribution in [3.05, 3.63) is 48.0 Å². The maximum absolute atomic E-state index is 5.63. The number of anilines is 1. The Morgan fingerprint density at radius 2 is 1.95 bits per heavy atom. The Morgan fingerprint density at radius 1 is 1.10 bits per heavy atom. The van der Waals surface area contributed by atoms with Crippen LogP contribution in [0.3, 0.4) is 0 Å². The van der Waals surface area contributed by atoms with Crippen LogP contribution in [0.4, 0.5) is 6.01 Å². The van der Waals surface area contributed by atoms with E-state index in [1.54, 1.807) is 14.2 Å². The molecule has 3 rings (SSSR count). The van der Waals surface area contributed by atoms with Gasteiger partial charge in [-0.1, -0.05) is 12.1 Å². The molecule has 108 valence electrons. The van der Waals surface area contributed by atoms with Crippen molar-refractivity contribution in [3.8, 4) is 11.5 Å². The minimum atomic E-state index is 0.487. The van der Waals surface area contributed by atoms with Gasteiger partial charge in [-0.3, -0.25) is 0 Å². The molecule has 3 aromatic rings. The second-order valence-corrected chi connectivity index (χ2v) is 4.52. The summed E-state index contributed by atoms with van der Waals surface area (Å²) in [6.45, 7) is 0.535. The molecule has 0 aliphatic heterocycles. The van der Waals surface area contributed by atoms with Crippen molar-refractivity contribution in [2.24, 2.45) is 0 Å². The molecule has 0 saturated heterocycles. The van der Waals surface area contributed by atoms with E-state index in [2.05, 4.69) is 10.3 Å². The molecule has 0 saturated carbocycles. The van der Waals surface area contributed by atoms with Crippen molar-refractivity contribution in [1.82, 2.24) is 4.98 Å². The number of ether oxygens (including phenoxy) is 2. The van der Waals surface area contributed by atoms with E-state index in [-0.39, 0.29) is 0 Å². The summed E-state index contributed by atoms with van der Waals surface area (Å²) in [6, 6.07) is 13.8. The average Bonchev–Trinajstić information content (AvgIpc) is 2.95. The minimum Gasteiger partial charge on any atom is -0.497 e. The van der Waals surface area contributed by atoms with E-state index < -0.39 is 0 Å². The van der Waals surface area contributed by atoms with Crippen LogP contribution in [0.25, 0.3) is 11.1 Å². The lowest BCUT2D eigenvalue weighted by molar-refractivity contribution is 0.399. The van der Waals surface area contributed by atoms with Gasteiger partial charge in [-0.2, -0.15) is 4.98 Å².